The van der Waals surface area contributed by atoms with Crippen LogP contribution in [0.4, 0.5) is 10.3 Å². The summed E-state index contributed by atoms with van der Waals surface area (Å²) in [6.45, 7) is 9.97. The topological polar surface area (TPSA) is 135 Å². The van der Waals surface area contributed by atoms with Gasteiger partial charge in [-0.1, -0.05) is 64.1 Å². The van der Waals surface area contributed by atoms with Crippen LogP contribution in [0.3, 0.4) is 0 Å². The highest BCUT2D eigenvalue weighted by Gasteiger charge is 2.32. The van der Waals surface area contributed by atoms with Crippen molar-refractivity contribution in [1.82, 2.24) is 18.6 Å². The van der Waals surface area contributed by atoms with Crippen molar-refractivity contribution in [2.45, 2.75) is 30.6 Å². The van der Waals surface area contributed by atoms with Crippen molar-refractivity contribution in [3.8, 4) is 39.8 Å². The third kappa shape index (κ3) is 10.6. The number of aryl methyl sites for hydroxylation is 3. The number of hydrogen-bond donors (Lipinski definition) is 0. The van der Waals surface area contributed by atoms with E-state index in [9.17, 15) is 16.8 Å². The number of aromatic nitrogens is 2. The fraction of sp³-hybridized carbons (Fsp3) is 0.318. The van der Waals surface area contributed by atoms with Crippen LogP contribution in [0.25, 0.3) is 22.5 Å². The van der Waals surface area contributed by atoms with Crippen molar-refractivity contribution in [2.24, 2.45) is 0 Å². The van der Waals surface area contributed by atoms with Crippen molar-refractivity contribution in [3.63, 3.8) is 0 Å². The van der Waals surface area contributed by atoms with Crippen LogP contribution in [0.2, 0.25) is 20.1 Å². The molecule has 0 aliphatic carbocycles. The summed E-state index contributed by atoms with van der Waals surface area (Å²) >= 11 is 27.0. The Kier molecular flexibility index (Phi) is 15.5. The molecule has 0 N–H and O–H groups in total. The lowest BCUT2D eigenvalue weighted by Gasteiger charge is -2.33. The molecule has 65 heavy (non-hydrogen) atoms. The second kappa shape index (κ2) is 20.6. The summed E-state index contributed by atoms with van der Waals surface area (Å²) in [6, 6.07) is 16.8. The van der Waals surface area contributed by atoms with Gasteiger partial charge in [0.25, 0.3) is 0 Å². The van der Waals surface area contributed by atoms with Crippen LogP contribution >= 0.6 is 69.1 Å². The van der Waals surface area contributed by atoms with Crippen molar-refractivity contribution < 1.29 is 31.0 Å². The van der Waals surface area contributed by atoms with Gasteiger partial charge in [0.15, 0.2) is 21.8 Å². The third-order valence-electron chi connectivity index (χ3n) is 11.0. The highest BCUT2D eigenvalue weighted by Crippen LogP contribution is 2.42. The minimum absolute atomic E-state index is 0.134. The molecule has 4 heterocycles. The first-order valence-electron chi connectivity index (χ1n) is 20.1. The molecule has 2 fully saturated rings. The lowest BCUT2D eigenvalue weighted by Crippen LogP contribution is -2.48. The van der Waals surface area contributed by atoms with E-state index in [2.05, 4.69) is 48.1 Å². The maximum absolute atomic E-state index is 13.0. The van der Waals surface area contributed by atoms with Gasteiger partial charge in [0.1, 0.15) is 0 Å². The molecular formula is C44H46Cl4N6O7S4. The number of anilines is 2. The van der Waals surface area contributed by atoms with E-state index in [1.807, 2.05) is 17.5 Å². The molecular weight excluding hydrogens is 995 g/mol. The summed E-state index contributed by atoms with van der Waals surface area (Å²) in [4.78, 5) is 14.2. The average Bonchev–Trinajstić information content (AvgIpc) is 3.99. The molecule has 0 saturated carbocycles. The quantitative estimate of drug-likeness (QED) is 0.123. The molecule has 0 radical (unpaired) electrons. The molecule has 2 saturated heterocycles. The number of rotatable bonds is 11. The van der Waals surface area contributed by atoms with Gasteiger partial charge in [-0.25, -0.2) is 26.8 Å². The van der Waals surface area contributed by atoms with Gasteiger partial charge in [-0.15, -0.1) is 22.7 Å². The zero-order valence-electron chi connectivity index (χ0n) is 36.3. The van der Waals surface area contributed by atoms with Crippen molar-refractivity contribution >= 4 is 99.4 Å². The summed E-state index contributed by atoms with van der Waals surface area (Å²) in [5.74, 6) is 1.61. The van der Waals surface area contributed by atoms with E-state index in [0.717, 1.165) is 27.2 Å². The Bertz CT molecular complexity index is 2870. The van der Waals surface area contributed by atoms with Crippen molar-refractivity contribution in [3.05, 3.63) is 108 Å². The van der Waals surface area contributed by atoms with E-state index in [-0.39, 0.29) is 19.8 Å². The van der Waals surface area contributed by atoms with Crippen LogP contribution < -0.4 is 24.0 Å². The first kappa shape index (κ1) is 49.0. The Morgan fingerprint density at radius 2 is 0.954 bits per heavy atom. The number of benzene rings is 4. The van der Waals surface area contributed by atoms with Gasteiger partial charge in [0.05, 0.1) is 62.6 Å². The zero-order chi connectivity index (χ0) is 46.8. The predicted octanol–water partition coefficient (Wildman–Crippen LogP) is 10.2. The fourth-order valence-electron chi connectivity index (χ4n) is 7.69. The van der Waals surface area contributed by atoms with E-state index in [4.69, 9.17) is 70.6 Å². The van der Waals surface area contributed by atoms with Gasteiger partial charge in [0, 0.05) is 74.2 Å². The van der Waals surface area contributed by atoms with Gasteiger partial charge < -0.3 is 24.0 Å². The molecule has 6 aromatic rings. The molecule has 0 unspecified atom stereocenters. The van der Waals surface area contributed by atoms with Crippen LogP contribution in [0.5, 0.6) is 17.2 Å². The highest BCUT2D eigenvalue weighted by molar-refractivity contribution is 7.89. The van der Waals surface area contributed by atoms with Crippen LogP contribution in [0.15, 0.2) is 81.2 Å². The predicted molar refractivity (Wildman–Crippen MR) is 264 cm³/mol. The SMILES string of the molecule is COc1cc(-c2csc(N3CCN(S(=O)(=O)c4ccc(Cl)c(Cl)c4)CC3)n2)cc(OC)c1OC.Cc1cc(C)c(-c2csc(N3CCN(S(=O)(=O)c4ccc(Cl)c(Cl)c4)CC3)n2)c(C)c1. The lowest BCUT2D eigenvalue weighted by molar-refractivity contribution is 0.324. The first-order chi connectivity index (χ1) is 30.9. The molecule has 8 rings (SSSR count). The number of hydrogen-bond acceptors (Lipinski definition) is 13. The number of ether oxygens (including phenoxy) is 3. The van der Waals surface area contributed by atoms with E-state index in [0.29, 0.717) is 79.7 Å². The van der Waals surface area contributed by atoms with E-state index in [1.54, 1.807) is 32.7 Å². The monoisotopic (exact) mass is 1040 g/mol. The van der Waals surface area contributed by atoms with Crippen LogP contribution in [0.1, 0.15) is 16.7 Å². The van der Waals surface area contributed by atoms with Gasteiger partial charge in [-0.3, -0.25) is 0 Å². The third-order valence-corrected chi connectivity index (χ3v) is 18.0. The minimum Gasteiger partial charge on any atom is -0.493 e. The number of thiazole rings is 2. The summed E-state index contributed by atoms with van der Waals surface area (Å²) < 4.78 is 71.2. The molecule has 13 nitrogen and oxygen atoms in total. The van der Waals surface area contributed by atoms with Gasteiger partial charge in [-0.2, -0.15) is 8.61 Å². The summed E-state index contributed by atoms with van der Waals surface area (Å²) in [6.07, 6.45) is 0. The number of methoxy groups -OCH3 is 3. The van der Waals surface area contributed by atoms with Gasteiger partial charge in [0.2, 0.25) is 25.8 Å². The number of halogens is 4. The molecule has 2 aromatic heterocycles. The Morgan fingerprint density at radius 1 is 0.538 bits per heavy atom. The largest absolute Gasteiger partial charge is 0.493 e. The molecule has 2 aliphatic rings. The lowest BCUT2D eigenvalue weighted by atomic mass is 9.98. The molecule has 2 aliphatic heterocycles. The number of nitrogens with zero attached hydrogens (tertiary/aromatic N) is 6. The standard InChI is InChI=1S/C22H23Cl2N3O5S2.C22H23Cl2N3O2S2/c1-30-19-10-14(11-20(31-2)21(19)32-3)18-13-33-22(25-18)26-6-8-27(9-7-26)34(28,29)15-4-5-16(23)17(24)12-15;1-14-10-15(2)21(16(3)11-14)20-13-30-22(25-20)26-6-8-27(9-7-26)31(28,29)17-4-5-18(23)19(24)12-17/h4-5,10-13H,6-9H2,1-3H3;4-5,10-13H,6-9H2,1-3H3. The van der Waals surface area contributed by atoms with Gasteiger partial charge >= 0.3 is 0 Å². The van der Waals surface area contributed by atoms with E-state index in [1.165, 1.54) is 78.6 Å². The first-order valence-corrected chi connectivity index (χ1v) is 26.3. The highest BCUT2D eigenvalue weighted by atomic mass is 35.5. The second-order valence-corrected chi connectivity index (χ2v) is 22.3. The molecule has 0 bridgehead atoms. The molecule has 4 aromatic carbocycles. The maximum atomic E-state index is 13.0. The Hall–Kier alpha value is -3.88. The summed E-state index contributed by atoms with van der Waals surface area (Å²) in [7, 11) is -2.58. The number of piperazine rings is 2. The summed E-state index contributed by atoms with van der Waals surface area (Å²) in [5, 5.41) is 6.87. The molecule has 346 valence electrons. The van der Waals surface area contributed by atoms with Crippen LogP contribution in [0, 0.1) is 20.8 Å². The van der Waals surface area contributed by atoms with Gasteiger partial charge in [-0.05, 0) is 80.4 Å². The smallest absolute Gasteiger partial charge is 0.243 e. The van der Waals surface area contributed by atoms with Crippen LogP contribution in [-0.4, -0.2) is 109 Å². The molecule has 0 spiro atoms. The van der Waals surface area contributed by atoms with E-state index < -0.39 is 20.0 Å². The fourth-order valence-corrected chi connectivity index (χ4v) is 13.1. The Balaban J connectivity index is 0.000000195. The van der Waals surface area contributed by atoms with E-state index >= 15 is 0 Å². The minimum atomic E-state index is -3.66. The average molecular weight is 1040 g/mol. The molecule has 0 amide bonds. The summed E-state index contributed by atoms with van der Waals surface area (Å²) in [5.41, 5.74) is 7.42. The normalized spacial score (nSPS) is 15.1. The van der Waals surface area contributed by atoms with Crippen molar-refractivity contribution in [1.29, 1.82) is 0 Å². The second-order valence-electron chi connectivity index (χ2n) is 15.2. The Morgan fingerprint density at radius 3 is 1.35 bits per heavy atom. The molecule has 0 atom stereocenters. The zero-order valence-corrected chi connectivity index (χ0v) is 42.6. The van der Waals surface area contributed by atoms with Crippen molar-refractivity contribution in [2.75, 3.05) is 83.5 Å². The molecule has 21 heteroatoms. The maximum Gasteiger partial charge on any atom is 0.243 e. The Labute approximate surface area is 408 Å². The number of sulfonamides is 2. The van der Waals surface area contributed by atoms with Crippen LogP contribution in [-0.2, 0) is 20.0 Å².